The van der Waals surface area contributed by atoms with Crippen molar-refractivity contribution in [2.45, 2.75) is 18.5 Å². The highest BCUT2D eigenvalue weighted by molar-refractivity contribution is 5.81. The van der Waals surface area contributed by atoms with Crippen LogP contribution >= 0.6 is 0 Å². The van der Waals surface area contributed by atoms with Gasteiger partial charge in [0, 0.05) is 6.42 Å². The van der Waals surface area contributed by atoms with Gasteiger partial charge in [-0.15, -0.1) is 0 Å². The summed E-state index contributed by atoms with van der Waals surface area (Å²) in [6.45, 7) is 0. The van der Waals surface area contributed by atoms with Crippen molar-refractivity contribution in [1.29, 1.82) is 0 Å². The van der Waals surface area contributed by atoms with Gasteiger partial charge in [-0.3, -0.25) is 4.79 Å². The Morgan fingerprint density at radius 3 is 3.00 bits per heavy atom. The summed E-state index contributed by atoms with van der Waals surface area (Å²) in [6.07, 6.45) is -0.988. The van der Waals surface area contributed by atoms with Crippen molar-refractivity contribution in [3.05, 3.63) is 29.8 Å². The molecule has 2 rings (SSSR count). The Labute approximate surface area is 104 Å². The lowest BCUT2D eigenvalue weighted by Gasteiger charge is -2.19. The van der Waals surface area contributed by atoms with Crippen molar-refractivity contribution < 1.29 is 19.4 Å². The van der Waals surface area contributed by atoms with Crippen LogP contribution in [0.1, 0.15) is 18.0 Å². The van der Waals surface area contributed by atoms with E-state index in [4.69, 9.17) is 9.84 Å². The van der Waals surface area contributed by atoms with Crippen LogP contribution in [-0.4, -0.2) is 30.3 Å². The quantitative estimate of drug-likeness (QED) is 0.743. The number of carbonyl (C=O) groups is 2. The Morgan fingerprint density at radius 1 is 1.56 bits per heavy atom. The second-order valence-electron chi connectivity index (χ2n) is 4.08. The predicted molar refractivity (Wildman–Crippen MR) is 63.4 cm³/mol. The molecule has 6 nitrogen and oxygen atoms in total. The molecule has 1 fully saturated rings. The van der Waals surface area contributed by atoms with E-state index in [2.05, 4.69) is 10.6 Å². The molecular weight excluding hydrogens is 236 g/mol. The smallest absolute Gasteiger partial charge is 0.404 e. The molecule has 1 aromatic carbocycles. The van der Waals surface area contributed by atoms with Crippen LogP contribution in [0.5, 0.6) is 5.75 Å². The van der Waals surface area contributed by atoms with Crippen molar-refractivity contribution in [2.24, 2.45) is 0 Å². The molecule has 0 spiro atoms. The van der Waals surface area contributed by atoms with Crippen LogP contribution in [0.3, 0.4) is 0 Å². The van der Waals surface area contributed by atoms with E-state index in [9.17, 15) is 9.59 Å². The van der Waals surface area contributed by atoms with Gasteiger partial charge in [0.25, 0.3) is 0 Å². The maximum atomic E-state index is 11.4. The Bertz CT molecular complexity index is 475. The third-order valence-corrected chi connectivity index (χ3v) is 2.89. The number of carbonyl (C=O) groups excluding carboxylic acids is 1. The Kier molecular flexibility index (Phi) is 3.36. The van der Waals surface area contributed by atoms with E-state index >= 15 is 0 Å². The van der Waals surface area contributed by atoms with Crippen molar-refractivity contribution in [3.63, 3.8) is 0 Å². The molecule has 2 amide bonds. The summed E-state index contributed by atoms with van der Waals surface area (Å²) in [5, 5.41) is 13.9. The standard InChI is InChI=1S/C12H14N2O4/c1-18-8-4-2-3-7(5-8)11-9(13-12(16)17)6-10(15)14-11/h2-5,9,11,13H,6H2,1H3,(H,14,15)(H,16,17)/t9-,11+/m1/s1. The highest BCUT2D eigenvalue weighted by Crippen LogP contribution is 2.27. The van der Waals surface area contributed by atoms with Gasteiger partial charge in [0.1, 0.15) is 5.75 Å². The maximum Gasteiger partial charge on any atom is 0.404 e. The molecule has 6 heteroatoms. The zero-order valence-electron chi connectivity index (χ0n) is 9.84. The molecule has 0 unspecified atom stereocenters. The van der Waals surface area contributed by atoms with Gasteiger partial charge in [-0.05, 0) is 17.7 Å². The minimum absolute atomic E-state index is 0.147. The van der Waals surface area contributed by atoms with Crippen LogP contribution in [0.2, 0.25) is 0 Å². The van der Waals surface area contributed by atoms with Gasteiger partial charge in [0.15, 0.2) is 0 Å². The predicted octanol–water partition coefficient (Wildman–Crippen LogP) is 0.892. The fourth-order valence-electron chi connectivity index (χ4n) is 2.09. The summed E-state index contributed by atoms with van der Waals surface area (Å²) in [5.41, 5.74) is 0.818. The number of rotatable bonds is 3. The number of benzene rings is 1. The van der Waals surface area contributed by atoms with Crippen LogP contribution in [-0.2, 0) is 4.79 Å². The van der Waals surface area contributed by atoms with E-state index in [1.54, 1.807) is 25.3 Å². The first kappa shape index (κ1) is 12.2. The highest BCUT2D eigenvalue weighted by Gasteiger charge is 2.34. The fourth-order valence-corrected chi connectivity index (χ4v) is 2.09. The van der Waals surface area contributed by atoms with Crippen molar-refractivity contribution >= 4 is 12.0 Å². The highest BCUT2D eigenvalue weighted by atomic mass is 16.5. The van der Waals surface area contributed by atoms with Crippen LogP contribution in [0.15, 0.2) is 24.3 Å². The molecule has 0 radical (unpaired) electrons. The van der Waals surface area contributed by atoms with Crippen LogP contribution in [0, 0.1) is 0 Å². The molecule has 0 saturated carbocycles. The van der Waals surface area contributed by atoms with Gasteiger partial charge in [0.2, 0.25) is 5.91 Å². The van der Waals surface area contributed by atoms with Crippen molar-refractivity contribution in [1.82, 2.24) is 10.6 Å². The van der Waals surface area contributed by atoms with Gasteiger partial charge < -0.3 is 20.5 Å². The molecule has 1 saturated heterocycles. The summed E-state index contributed by atoms with van der Waals surface area (Å²) in [7, 11) is 1.55. The summed E-state index contributed by atoms with van der Waals surface area (Å²) < 4.78 is 5.11. The van der Waals surface area contributed by atoms with E-state index in [-0.39, 0.29) is 18.4 Å². The number of methoxy groups -OCH3 is 1. The van der Waals surface area contributed by atoms with E-state index in [0.717, 1.165) is 5.56 Å². The van der Waals surface area contributed by atoms with E-state index in [1.807, 2.05) is 6.07 Å². The zero-order valence-corrected chi connectivity index (χ0v) is 9.84. The van der Waals surface area contributed by atoms with Gasteiger partial charge in [-0.2, -0.15) is 0 Å². The fraction of sp³-hybridized carbons (Fsp3) is 0.333. The first-order valence-corrected chi connectivity index (χ1v) is 5.53. The molecule has 96 valence electrons. The van der Waals surface area contributed by atoms with Crippen molar-refractivity contribution in [3.8, 4) is 5.75 Å². The van der Waals surface area contributed by atoms with Gasteiger partial charge in [-0.1, -0.05) is 12.1 Å². The van der Waals surface area contributed by atoms with E-state index in [0.29, 0.717) is 5.75 Å². The summed E-state index contributed by atoms with van der Waals surface area (Å²) in [5.74, 6) is 0.504. The molecule has 0 aromatic heterocycles. The summed E-state index contributed by atoms with van der Waals surface area (Å²) in [6, 6.07) is 6.39. The Morgan fingerprint density at radius 2 is 2.33 bits per heavy atom. The average molecular weight is 250 g/mol. The minimum Gasteiger partial charge on any atom is -0.497 e. The summed E-state index contributed by atoms with van der Waals surface area (Å²) >= 11 is 0. The van der Waals surface area contributed by atoms with Gasteiger partial charge in [0.05, 0.1) is 19.2 Å². The molecule has 1 aliphatic heterocycles. The number of nitrogens with one attached hydrogen (secondary N) is 2. The van der Waals surface area contributed by atoms with Crippen molar-refractivity contribution in [2.75, 3.05) is 7.11 Å². The molecule has 1 aromatic rings. The van der Waals surface area contributed by atoms with Gasteiger partial charge >= 0.3 is 6.09 Å². The van der Waals surface area contributed by atoms with Crippen LogP contribution in [0.4, 0.5) is 4.79 Å². The third kappa shape index (κ3) is 2.53. The third-order valence-electron chi connectivity index (χ3n) is 2.89. The monoisotopic (exact) mass is 250 g/mol. The zero-order chi connectivity index (χ0) is 13.1. The average Bonchev–Trinajstić information content (AvgIpc) is 2.69. The number of amides is 2. The number of hydrogen-bond donors (Lipinski definition) is 3. The molecule has 0 bridgehead atoms. The van der Waals surface area contributed by atoms with E-state index in [1.165, 1.54) is 0 Å². The number of hydrogen-bond acceptors (Lipinski definition) is 3. The van der Waals surface area contributed by atoms with Crippen LogP contribution in [0.25, 0.3) is 0 Å². The normalized spacial score (nSPS) is 22.4. The first-order valence-electron chi connectivity index (χ1n) is 5.53. The number of carboxylic acid groups (broad SMARTS) is 1. The Balaban J connectivity index is 2.23. The summed E-state index contributed by atoms with van der Waals surface area (Å²) in [4.78, 5) is 22.1. The molecule has 0 aliphatic carbocycles. The molecule has 2 atom stereocenters. The minimum atomic E-state index is -1.13. The topological polar surface area (TPSA) is 87.7 Å². The SMILES string of the molecule is COc1cccc([C@@H]2NC(=O)C[C@H]2NC(=O)O)c1. The second-order valence-corrected chi connectivity index (χ2v) is 4.08. The lowest BCUT2D eigenvalue weighted by molar-refractivity contribution is -0.119. The second kappa shape index (κ2) is 4.95. The van der Waals surface area contributed by atoms with Crippen LogP contribution < -0.4 is 15.4 Å². The molecule has 1 heterocycles. The molecule has 3 N–H and O–H groups in total. The van der Waals surface area contributed by atoms with E-state index < -0.39 is 12.1 Å². The number of ether oxygens (including phenoxy) is 1. The molecule has 1 aliphatic rings. The molecular formula is C12H14N2O4. The largest absolute Gasteiger partial charge is 0.497 e. The maximum absolute atomic E-state index is 11.4. The lowest BCUT2D eigenvalue weighted by atomic mass is 10.0. The lowest BCUT2D eigenvalue weighted by Crippen LogP contribution is -2.37. The first-order chi connectivity index (χ1) is 8.60. The van der Waals surface area contributed by atoms with Gasteiger partial charge in [-0.25, -0.2) is 4.79 Å². The molecule has 18 heavy (non-hydrogen) atoms. The Hall–Kier alpha value is -2.24.